The summed E-state index contributed by atoms with van der Waals surface area (Å²) in [7, 11) is -1.19. The maximum Gasteiger partial charge on any atom is 0.269 e. The number of rotatable bonds is 6. The van der Waals surface area contributed by atoms with Crippen LogP contribution in [-0.4, -0.2) is 36.6 Å². The third-order valence-corrected chi connectivity index (χ3v) is 7.57. The van der Waals surface area contributed by atoms with Crippen molar-refractivity contribution >= 4 is 19.1 Å². The molecule has 0 aromatic heterocycles. The number of hydrogen-bond acceptors (Lipinski definition) is 4. The van der Waals surface area contributed by atoms with Crippen molar-refractivity contribution in [2.75, 3.05) is 13.1 Å². The molecule has 0 aromatic rings. The molecule has 68 valence electrons. The molecule has 0 spiro atoms. The molecular formula is C6H16N4Si2. The maximum atomic E-state index is 3.67. The van der Waals surface area contributed by atoms with Crippen LogP contribution in [0, 0.1) is 0 Å². The summed E-state index contributed by atoms with van der Waals surface area (Å²) in [5.41, 5.74) is 3.31. The number of nitrogens with zero attached hydrogens (tertiary/aromatic N) is 1. The molecule has 0 radical (unpaired) electrons. The Bertz CT molecular complexity index is 146. The van der Waals surface area contributed by atoms with E-state index >= 15 is 0 Å². The molecule has 1 atom stereocenters. The molecule has 1 rings (SSSR count). The smallest absolute Gasteiger partial charge is 0.269 e. The molecule has 1 saturated heterocycles. The molecule has 0 aromatic carbocycles. The predicted molar refractivity (Wildman–Crippen MR) is 57.1 cm³/mol. The zero-order valence-electron chi connectivity index (χ0n) is 7.21. The van der Waals surface area contributed by atoms with Crippen LogP contribution in [0.5, 0.6) is 0 Å². The Kier molecular flexibility index (Phi) is 4.43. The molecule has 6 heteroatoms. The molecule has 3 N–H and O–H groups in total. The summed E-state index contributed by atoms with van der Waals surface area (Å²) in [6, 6.07) is 0. The van der Waals surface area contributed by atoms with Gasteiger partial charge in [0, 0.05) is 13.1 Å². The first-order valence-electron chi connectivity index (χ1n) is 4.07. The highest BCUT2D eigenvalue weighted by molar-refractivity contribution is 6.75. The molecule has 12 heavy (non-hydrogen) atoms. The minimum absolute atomic E-state index is 0.187. The minimum atomic E-state index is -1.00. The Morgan fingerprint density at radius 2 is 2.17 bits per heavy atom. The standard InChI is InChI=1S/C6H16N4Si2/c1-3-5-7-10-11-9-12(10)8-6-4-2/h3-4,7-9,12H,1-2,5-6,11H2. The molecule has 1 aliphatic heterocycles. The van der Waals surface area contributed by atoms with E-state index < -0.39 is 9.28 Å². The molecule has 1 aliphatic rings. The van der Waals surface area contributed by atoms with E-state index in [2.05, 4.69) is 32.6 Å². The number of nitrogens with one attached hydrogen (secondary N) is 3. The van der Waals surface area contributed by atoms with Crippen LogP contribution in [0.4, 0.5) is 0 Å². The van der Waals surface area contributed by atoms with Gasteiger partial charge in [-0.25, -0.2) is 0 Å². The quantitative estimate of drug-likeness (QED) is 0.345. The van der Waals surface area contributed by atoms with Crippen LogP contribution < -0.4 is 15.1 Å². The third kappa shape index (κ3) is 2.66. The van der Waals surface area contributed by atoms with Crippen LogP contribution in [0.1, 0.15) is 0 Å². The summed E-state index contributed by atoms with van der Waals surface area (Å²) in [6.45, 7) is 9.09. The van der Waals surface area contributed by atoms with Gasteiger partial charge in [-0.2, -0.15) is 0 Å². The van der Waals surface area contributed by atoms with Gasteiger partial charge in [-0.15, -0.1) is 13.2 Å². The van der Waals surface area contributed by atoms with Gasteiger partial charge in [0.15, 0.2) is 9.84 Å². The summed E-state index contributed by atoms with van der Waals surface area (Å²) in [5, 5.41) is 0. The van der Waals surface area contributed by atoms with Gasteiger partial charge in [0.25, 0.3) is 9.28 Å². The Morgan fingerprint density at radius 1 is 1.42 bits per heavy atom. The summed E-state index contributed by atoms with van der Waals surface area (Å²) >= 11 is 0. The first kappa shape index (κ1) is 9.84. The van der Waals surface area contributed by atoms with E-state index in [1.165, 1.54) is 0 Å². The summed E-state index contributed by atoms with van der Waals surface area (Å²) in [5.74, 6) is 0. The monoisotopic (exact) mass is 200 g/mol. The minimum Gasteiger partial charge on any atom is -0.329 e. The highest BCUT2D eigenvalue weighted by atomic mass is 28.4. The van der Waals surface area contributed by atoms with Crippen molar-refractivity contribution in [3.63, 3.8) is 0 Å². The highest BCUT2D eigenvalue weighted by Crippen LogP contribution is 1.89. The molecule has 0 aliphatic carbocycles. The topological polar surface area (TPSA) is 39.3 Å². The molecule has 0 saturated carbocycles. The lowest BCUT2D eigenvalue weighted by atomic mass is 10.7. The molecular weight excluding hydrogens is 184 g/mol. The zero-order chi connectivity index (χ0) is 8.81. The number of hydrazine groups is 1. The van der Waals surface area contributed by atoms with Gasteiger partial charge >= 0.3 is 0 Å². The zero-order valence-corrected chi connectivity index (χ0v) is 9.78. The Hall–Kier alpha value is -0.246. The average molecular weight is 200 g/mol. The van der Waals surface area contributed by atoms with Crippen LogP contribution in [-0.2, 0) is 0 Å². The molecule has 0 bridgehead atoms. The van der Waals surface area contributed by atoms with Crippen LogP contribution in [0.2, 0.25) is 0 Å². The van der Waals surface area contributed by atoms with Crippen molar-refractivity contribution in [1.29, 1.82) is 0 Å². The molecule has 1 fully saturated rings. The lowest BCUT2D eigenvalue weighted by molar-refractivity contribution is 0.461. The fourth-order valence-corrected chi connectivity index (χ4v) is 5.27. The van der Waals surface area contributed by atoms with Crippen molar-refractivity contribution in [1.82, 2.24) is 19.4 Å². The first-order valence-corrected chi connectivity index (χ1v) is 7.08. The fraction of sp³-hybridized carbons (Fsp3) is 0.333. The van der Waals surface area contributed by atoms with Crippen molar-refractivity contribution in [3.8, 4) is 0 Å². The van der Waals surface area contributed by atoms with E-state index in [0.717, 1.165) is 13.1 Å². The van der Waals surface area contributed by atoms with Gasteiger partial charge < -0.3 is 9.63 Å². The SMILES string of the molecule is C=CCNN1[SiH2]N[SiH]1NCC=C. The second-order valence-electron chi connectivity index (χ2n) is 2.58. The van der Waals surface area contributed by atoms with Gasteiger partial charge in [-0.3, -0.25) is 9.77 Å². The summed E-state index contributed by atoms with van der Waals surface area (Å²) < 4.78 is 5.84. The second kappa shape index (κ2) is 5.41. The normalized spacial score (nSPS) is 25.2. The van der Waals surface area contributed by atoms with Crippen LogP contribution >= 0.6 is 0 Å². The van der Waals surface area contributed by atoms with Crippen LogP contribution in [0.3, 0.4) is 0 Å². The van der Waals surface area contributed by atoms with Gasteiger partial charge in [0.1, 0.15) is 0 Å². The van der Waals surface area contributed by atoms with E-state index in [-0.39, 0.29) is 9.84 Å². The van der Waals surface area contributed by atoms with E-state index in [1.807, 2.05) is 12.2 Å². The van der Waals surface area contributed by atoms with Crippen LogP contribution in [0.15, 0.2) is 25.3 Å². The second-order valence-corrected chi connectivity index (χ2v) is 7.78. The lowest BCUT2D eigenvalue weighted by Crippen LogP contribution is -2.78. The van der Waals surface area contributed by atoms with Gasteiger partial charge in [-0.1, -0.05) is 12.2 Å². The van der Waals surface area contributed by atoms with Gasteiger partial charge in [-0.05, 0) is 0 Å². The van der Waals surface area contributed by atoms with Gasteiger partial charge in [0.2, 0.25) is 0 Å². The van der Waals surface area contributed by atoms with Gasteiger partial charge in [0.05, 0.1) is 0 Å². The molecule has 4 nitrogen and oxygen atoms in total. The maximum absolute atomic E-state index is 3.67. The molecule has 0 amide bonds. The van der Waals surface area contributed by atoms with Crippen molar-refractivity contribution < 1.29 is 0 Å². The Labute approximate surface area is 77.5 Å². The Balaban J connectivity index is 2.10. The lowest BCUT2D eigenvalue weighted by Gasteiger charge is -2.40. The predicted octanol–water partition coefficient (Wildman–Crippen LogP) is -1.93. The fourth-order valence-electron chi connectivity index (χ4n) is 0.980. The van der Waals surface area contributed by atoms with Crippen LogP contribution in [0.25, 0.3) is 0 Å². The largest absolute Gasteiger partial charge is 0.329 e. The average Bonchev–Trinajstić information content (AvgIpc) is 2.04. The van der Waals surface area contributed by atoms with E-state index in [9.17, 15) is 0 Å². The summed E-state index contributed by atoms with van der Waals surface area (Å²) in [4.78, 5) is 3.40. The molecule has 1 heterocycles. The highest BCUT2D eigenvalue weighted by Gasteiger charge is 2.28. The van der Waals surface area contributed by atoms with E-state index in [4.69, 9.17) is 0 Å². The van der Waals surface area contributed by atoms with Crippen molar-refractivity contribution in [3.05, 3.63) is 25.3 Å². The summed E-state index contributed by atoms with van der Waals surface area (Å²) in [6.07, 6.45) is 3.77. The van der Waals surface area contributed by atoms with E-state index in [0.29, 0.717) is 0 Å². The van der Waals surface area contributed by atoms with E-state index in [1.54, 1.807) is 0 Å². The Morgan fingerprint density at radius 3 is 2.67 bits per heavy atom. The first-order chi connectivity index (χ1) is 5.88. The molecule has 1 unspecified atom stereocenters. The number of hydrogen-bond donors (Lipinski definition) is 3. The van der Waals surface area contributed by atoms with Crippen molar-refractivity contribution in [2.24, 2.45) is 0 Å². The van der Waals surface area contributed by atoms with Crippen molar-refractivity contribution in [2.45, 2.75) is 0 Å². The third-order valence-electron chi connectivity index (χ3n) is 1.66.